The molecule has 0 radical (unpaired) electrons. The molecule has 0 amide bonds. The zero-order chi connectivity index (χ0) is 34.7. The number of aromatic nitrogens is 3. The van der Waals surface area contributed by atoms with Gasteiger partial charge in [-0.05, 0) is 85.9 Å². The summed E-state index contributed by atoms with van der Waals surface area (Å²) in [5.41, 5.74) is 13.9. The zero-order valence-electron chi connectivity index (χ0n) is 29.0. The maximum Gasteiger partial charge on any atom is 0.165 e. The van der Waals surface area contributed by atoms with Crippen LogP contribution >= 0.6 is 11.3 Å². The van der Waals surface area contributed by atoms with Gasteiger partial charge in [0.2, 0.25) is 0 Å². The fraction of sp³-hybridized carbons (Fsp3) is 0.0612. The molecule has 0 N–H and O–H groups in total. The van der Waals surface area contributed by atoms with Crippen LogP contribution in [0.15, 0.2) is 140 Å². The van der Waals surface area contributed by atoms with Crippen LogP contribution in [-0.2, 0) is 5.41 Å². The van der Waals surface area contributed by atoms with Gasteiger partial charge in [-0.15, -0.1) is 11.3 Å². The van der Waals surface area contributed by atoms with Gasteiger partial charge < -0.3 is 0 Å². The first-order valence-electron chi connectivity index (χ1n) is 18.3. The van der Waals surface area contributed by atoms with Gasteiger partial charge in [-0.25, -0.2) is 9.97 Å². The van der Waals surface area contributed by atoms with E-state index in [-0.39, 0.29) is 5.41 Å². The minimum Gasteiger partial charge on any atom is -0.292 e. The Morgan fingerprint density at radius 1 is 0.509 bits per heavy atom. The highest BCUT2D eigenvalue weighted by molar-refractivity contribution is 7.26. The van der Waals surface area contributed by atoms with Gasteiger partial charge in [0.25, 0.3) is 0 Å². The number of benzene rings is 8. The predicted molar refractivity (Wildman–Crippen MR) is 224 cm³/mol. The molecule has 0 spiro atoms. The van der Waals surface area contributed by atoms with Crippen molar-refractivity contribution in [2.45, 2.75) is 19.3 Å². The third-order valence-electron chi connectivity index (χ3n) is 12.3. The smallest absolute Gasteiger partial charge is 0.165 e. The summed E-state index contributed by atoms with van der Waals surface area (Å²) in [5, 5.41) is 10.2. The Labute approximate surface area is 308 Å². The molecular formula is C49H29N3S. The molecular weight excluding hydrogens is 663 g/mol. The molecule has 3 nitrogen and oxygen atoms in total. The molecule has 2 aliphatic rings. The Kier molecular flexibility index (Phi) is 5.09. The summed E-state index contributed by atoms with van der Waals surface area (Å²) in [6.45, 7) is 4.70. The number of rotatable bonds is 2. The van der Waals surface area contributed by atoms with Gasteiger partial charge in [0.05, 0.1) is 22.1 Å². The Morgan fingerprint density at radius 2 is 1.21 bits per heavy atom. The van der Waals surface area contributed by atoms with Crippen molar-refractivity contribution in [3.63, 3.8) is 0 Å². The maximum atomic E-state index is 5.66. The average Bonchev–Trinajstić information content (AvgIpc) is 3.79. The summed E-state index contributed by atoms with van der Waals surface area (Å²) < 4.78 is 5.07. The Bertz CT molecular complexity index is 3490. The van der Waals surface area contributed by atoms with Crippen molar-refractivity contribution in [1.29, 1.82) is 0 Å². The van der Waals surface area contributed by atoms with Crippen molar-refractivity contribution in [2.75, 3.05) is 0 Å². The quantitative estimate of drug-likeness (QED) is 0.169. The van der Waals surface area contributed by atoms with Crippen LogP contribution in [0.5, 0.6) is 0 Å². The van der Waals surface area contributed by atoms with Gasteiger partial charge in [-0.2, -0.15) is 0 Å². The molecule has 0 aliphatic heterocycles. The van der Waals surface area contributed by atoms with Crippen molar-refractivity contribution in [1.82, 2.24) is 14.5 Å². The number of nitrogens with zero attached hydrogens (tertiary/aromatic N) is 3. The molecule has 0 saturated heterocycles. The van der Waals surface area contributed by atoms with Gasteiger partial charge in [0, 0.05) is 47.3 Å². The van der Waals surface area contributed by atoms with Crippen molar-refractivity contribution >= 4 is 85.9 Å². The Balaban J connectivity index is 1.21. The molecule has 2 aliphatic carbocycles. The van der Waals surface area contributed by atoms with Crippen LogP contribution in [0.25, 0.3) is 114 Å². The molecule has 0 unspecified atom stereocenters. The molecule has 0 atom stereocenters. The van der Waals surface area contributed by atoms with Gasteiger partial charge in [0.1, 0.15) is 5.69 Å². The lowest BCUT2D eigenvalue weighted by Crippen LogP contribution is -2.15. The normalized spacial score (nSPS) is 14.0. The van der Waals surface area contributed by atoms with E-state index in [0.29, 0.717) is 0 Å². The topological polar surface area (TPSA) is 30.7 Å². The second-order valence-corrected chi connectivity index (χ2v) is 16.4. The summed E-state index contributed by atoms with van der Waals surface area (Å²) in [5.74, 6) is 0.859. The molecule has 3 aromatic heterocycles. The van der Waals surface area contributed by atoms with Crippen LogP contribution in [-0.4, -0.2) is 14.5 Å². The SMILES string of the molecule is CC1(C)c2ccccc2-c2ccc(-c3nc4c(ccc5ccccc54)nc3-n3c4ccc5cccc6c5c4c4c5c(ccc43)sc3cccc-6c35)cc21. The third kappa shape index (κ3) is 3.41. The van der Waals surface area contributed by atoms with Crippen molar-refractivity contribution in [2.24, 2.45) is 0 Å². The predicted octanol–water partition coefficient (Wildman–Crippen LogP) is 13.4. The van der Waals surface area contributed by atoms with E-state index in [1.54, 1.807) is 0 Å². The van der Waals surface area contributed by atoms with Gasteiger partial charge in [-0.3, -0.25) is 4.57 Å². The van der Waals surface area contributed by atoms with E-state index in [1.165, 1.54) is 80.5 Å². The summed E-state index contributed by atoms with van der Waals surface area (Å²) in [6.07, 6.45) is 0. The maximum absolute atomic E-state index is 5.66. The van der Waals surface area contributed by atoms with E-state index in [0.717, 1.165) is 44.5 Å². The molecule has 0 saturated carbocycles. The summed E-state index contributed by atoms with van der Waals surface area (Å²) in [7, 11) is 0. The second kappa shape index (κ2) is 9.54. The molecule has 4 heteroatoms. The summed E-state index contributed by atoms with van der Waals surface area (Å²) in [6, 6.07) is 51.5. The van der Waals surface area contributed by atoms with Crippen molar-refractivity contribution in [3.8, 4) is 39.3 Å². The minimum absolute atomic E-state index is 0.137. The van der Waals surface area contributed by atoms with Crippen LogP contribution < -0.4 is 0 Å². The lowest BCUT2D eigenvalue weighted by molar-refractivity contribution is 0.660. The molecule has 8 aromatic carbocycles. The largest absolute Gasteiger partial charge is 0.292 e. The van der Waals surface area contributed by atoms with Crippen LogP contribution in [0.1, 0.15) is 25.0 Å². The number of hydrogen-bond acceptors (Lipinski definition) is 3. The number of thiophene rings is 1. The molecule has 246 valence electrons. The fourth-order valence-corrected chi connectivity index (χ4v) is 11.1. The van der Waals surface area contributed by atoms with Gasteiger partial charge >= 0.3 is 0 Å². The highest BCUT2D eigenvalue weighted by Crippen LogP contribution is 2.53. The van der Waals surface area contributed by atoms with E-state index < -0.39 is 0 Å². The Morgan fingerprint density at radius 3 is 2.13 bits per heavy atom. The Hall–Kier alpha value is -6.36. The van der Waals surface area contributed by atoms with Gasteiger partial charge in [0.15, 0.2) is 5.82 Å². The molecule has 3 heterocycles. The summed E-state index contributed by atoms with van der Waals surface area (Å²) in [4.78, 5) is 11.3. The highest BCUT2D eigenvalue weighted by Gasteiger charge is 2.36. The number of hydrogen-bond donors (Lipinski definition) is 0. The van der Waals surface area contributed by atoms with Crippen LogP contribution in [0, 0.1) is 0 Å². The van der Waals surface area contributed by atoms with Gasteiger partial charge in [-0.1, -0.05) is 117 Å². The fourth-order valence-electron chi connectivity index (χ4n) is 9.93. The molecule has 53 heavy (non-hydrogen) atoms. The zero-order valence-corrected chi connectivity index (χ0v) is 29.8. The van der Waals surface area contributed by atoms with E-state index in [4.69, 9.17) is 9.97 Å². The molecule has 13 rings (SSSR count). The van der Waals surface area contributed by atoms with Crippen LogP contribution in [0.3, 0.4) is 0 Å². The molecule has 11 aromatic rings. The molecule has 0 fully saturated rings. The first-order chi connectivity index (χ1) is 26.0. The monoisotopic (exact) mass is 691 g/mol. The third-order valence-corrected chi connectivity index (χ3v) is 13.4. The van der Waals surface area contributed by atoms with Crippen molar-refractivity contribution in [3.05, 3.63) is 151 Å². The lowest BCUT2D eigenvalue weighted by atomic mass is 9.82. The summed E-state index contributed by atoms with van der Waals surface area (Å²) >= 11 is 1.89. The van der Waals surface area contributed by atoms with E-state index >= 15 is 0 Å². The lowest BCUT2D eigenvalue weighted by Gasteiger charge is -2.22. The highest BCUT2D eigenvalue weighted by atomic mass is 32.1. The average molecular weight is 692 g/mol. The number of fused-ring (bicyclic) bond motifs is 7. The standard InChI is InChI=1S/C49H29N3S/c1-49(2)34-15-6-5-12-30(34)31-20-17-28(25-35(31)49)46-48(50-36-21-18-26-9-3-4-11-29(26)47(36)51-46)52-37-22-19-27-10-7-13-32-33-14-8-16-39-42(33)45-40(53-39)24-23-38(52)44(45)43(37)41(27)32/h3-25H,1-2H3. The van der Waals surface area contributed by atoms with E-state index in [2.05, 4.69) is 158 Å². The van der Waals surface area contributed by atoms with E-state index in [9.17, 15) is 0 Å². The first-order valence-corrected chi connectivity index (χ1v) is 19.2. The van der Waals surface area contributed by atoms with E-state index in [1.807, 2.05) is 11.3 Å². The van der Waals surface area contributed by atoms with Crippen LogP contribution in [0.4, 0.5) is 0 Å². The minimum atomic E-state index is -0.137. The first kappa shape index (κ1) is 28.3. The van der Waals surface area contributed by atoms with Crippen LogP contribution in [0.2, 0.25) is 0 Å². The molecule has 0 bridgehead atoms. The van der Waals surface area contributed by atoms with Crippen molar-refractivity contribution < 1.29 is 0 Å². The second-order valence-electron chi connectivity index (χ2n) is 15.3.